The van der Waals surface area contributed by atoms with Crippen molar-refractivity contribution in [3.63, 3.8) is 0 Å². The van der Waals surface area contributed by atoms with Gasteiger partial charge < -0.3 is 11.2 Å². The summed E-state index contributed by atoms with van der Waals surface area (Å²) in [5.74, 6) is 6.12. The molecule has 0 fully saturated rings. The summed E-state index contributed by atoms with van der Waals surface area (Å²) in [6, 6.07) is 16.7. The Bertz CT molecular complexity index is 991. The van der Waals surface area contributed by atoms with E-state index in [1.165, 1.54) is 4.68 Å². The third kappa shape index (κ3) is 5.02. The Balaban J connectivity index is 1.57. The van der Waals surface area contributed by atoms with Crippen LogP contribution in [-0.2, 0) is 4.79 Å². The molecule has 10 heteroatoms. The first-order valence-electron chi connectivity index (χ1n) is 8.28. The lowest BCUT2D eigenvalue weighted by atomic mass is 10.1. The molecule has 28 heavy (non-hydrogen) atoms. The molecule has 8 nitrogen and oxygen atoms in total. The summed E-state index contributed by atoms with van der Waals surface area (Å²) in [4.78, 5) is 12.1. The van der Waals surface area contributed by atoms with Crippen LogP contribution in [0.5, 0.6) is 0 Å². The Morgan fingerprint density at radius 1 is 1.18 bits per heavy atom. The second kappa shape index (κ2) is 9.25. The van der Waals surface area contributed by atoms with E-state index in [1.807, 2.05) is 37.3 Å². The number of carbonyl (C=O) groups excluding carboxylic acids is 1. The third-order valence-corrected chi connectivity index (χ3v) is 4.93. The molecular formula is C18H18ClN7OS. The standard InChI is InChI=1S/C18H18ClN7OS/c1-12(13-7-3-2-4-8-13)22-23-17-24-25-18(26(17)20)28-11-16(27)21-15-10-6-5-9-14(15)19/h2-10H,11,20H2,1H3,(H,21,27)(H,23,24)/b22-12+. The zero-order chi connectivity index (χ0) is 19.9. The minimum atomic E-state index is -0.228. The number of nitrogens with one attached hydrogen (secondary N) is 2. The number of thioether (sulfide) groups is 1. The van der Waals surface area contributed by atoms with Crippen LogP contribution in [0.15, 0.2) is 64.9 Å². The van der Waals surface area contributed by atoms with E-state index in [2.05, 4.69) is 26.0 Å². The molecule has 0 bridgehead atoms. The van der Waals surface area contributed by atoms with Crippen molar-refractivity contribution in [2.75, 3.05) is 22.3 Å². The van der Waals surface area contributed by atoms with E-state index in [0.29, 0.717) is 15.9 Å². The van der Waals surface area contributed by atoms with Crippen molar-refractivity contribution < 1.29 is 4.79 Å². The second-order valence-electron chi connectivity index (χ2n) is 5.67. The molecule has 0 aliphatic carbocycles. The van der Waals surface area contributed by atoms with Crippen LogP contribution in [0.25, 0.3) is 0 Å². The Labute approximate surface area is 171 Å². The van der Waals surface area contributed by atoms with Crippen LogP contribution in [0.2, 0.25) is 5.02 Å². The van der Waals surface area contributed by atoms with Crippen LogP contribution in [0.4, 0.5) is 11.6 Å². The average molecular weight is 416 g/mol. The molecule has 0 saturated carbocycles. The van der Waals surface area contributed by atoms with E-state index in [0.717, 1.165) is 23.0 Å². The Hall–Kier alpha value is -3.04. The van der Waals surface area contributed by atoms with Gasteiger partial charge in [-0.3, -0.25) is 4.79 Å². The first-order chi connectivity index (χ1) is 13.5. The zero-order valence-electron chi connectivity index (χ0n) is 15.0. The lowest BCUT2D eigenvalue weighted by Crippen LogP contribution is -2.17. The molecule has 3 rings (SSSR count). The summed E-state index contributed by atoms with van der Waals surface area (Å²) in [6.45, 7) is 1.87. The van der Waals surface area contributed by atoms with Gasteiger partial charge in [-0.15, -0.1) is 10.2 Å². The molecule has 0 spiro atoms. The summed E-state index contributed by atoms with van der Waals surface area (Å²) in [6.07, 6.45) is 0. The molecule has 3 aromatic rings. The monoisotopic (exact) mass is 415 g/mol. The van der Waals surface area contributed by atoms with Crippen LogP contribution in [0.3, 0.4) is 0 Å². The van der Waals surface area contributed by atoms with Gasteiger partial charge in [0.1, 0.15) is 0 Å². The molecule has 2 aromatic carbocycles. The maximum Gasteiger partial charge on any atom is 0.264 e. The molecule has 1 heterocycles. The summed E-state index contributed by atoms with van der Waals surface area (Å²) < 4.78 is 1.25. The quantitative estimate of drug-likeness (QED) is 0.236. The number of aromatic nitrogens is 3. The molecule has 0 saturated heterocycles. The van der Waals surface area contributed by atoms with Crippen LogP contribution < -0.4 is 16.6 Å². The number of benzene rings is 2. The van der Waals surface area contributed by atoms with Crippen LogP contribution >= 0.6 is 23.4 Å². The summed E-state index contributed by atoms with van der Waals surface area (Å²) in [7, 11) is 0. The van der Waals surface area contributed by atoms with Gasteiger partial charge in [-0.2, -0.15) is 5.10 Å². The number of nitrogen functional groups attached to an aromatic ring is 1. The number of nitrogens with zero attached hydrogens (tertiary/aromatic N) is 4. The van der Waals surface area contributed by atoms with Crippen molar-refractivity contribution in [2.45, 2.75) is 12.1 Å². The number of rotatable bonds is 7. The topological polar surface area (TPSA) is 110 Å². The van der Waals surface area contributed by atoms with Gasteiger partial charge in [-0.1, -0.05) is 65.8 Å². The van der Waals surface area contributed by atoms with Crippen LogP contribution in [0.1, 0.15) is 12.5 Å². The zero-order valence-corrected chi connectivity index (χ0v) is 16.5. The number of para-hydroxylation sites is 1. The largest absolute Gasteiger partial charge is 0.334 e. The highest BCUT2D eigenvalue weighted by atomic mass is 35.5. The Morgan fingerprint density at radius 2 is 1.89 bits per heavy atom. The van der Waals surface area contributed by atoms with Gasteiger partial charge in [0.25, 0.3) is 5.95 Å². The van der Waals surface area contributed by atoms with Crippen LogP contribution in [-0.4, -0.2) is 32.2 Å². The second-order valence-corrected chi connectivity index (χ2v) is 7.02. The van der Waals surface area contributed by atoms with Gasteiger partial charge in [0, 0.05) is 0 Å². The number of amides is 1. The number of hydrogen-bond donors (Lipinski definition) is 3. The predicted molar refractivity (Wildman–Crippen MR) is 113 cm³/mol. The molecule has 0 aliphatic rings. The third-order valence-electron chi connectivity index (χ3n) is 3.66. The number of halogens is 1. The predicted octanol–water partition coefficient (Wildman–Crippen LogP) is 3.21. The molecule has 0 unspecified atom stereocenters. The van der Waals surface area contributed by atoms with Crippen molar-refractivity contribution in [3.05, 3.63) is 65.2 Å². The highest BCUT2D eigenvalue weighted by molar-refractivity contribution is 7.99. The summed E-state index contributed by atoms with van der Waals surface area (Å²) in [5.41, 5.74) is 5.09. The minimum Gasteiger partial charge on any atom is -0.334 e. The molecule has 0 atom stereocenters. The smallest absolute Gasteiger partial charge is 0.264 e. The Kier molecular flexibility index (Phi) is 6.51. The van der Waals surface area contributed by atoms with Crippen molar-refractivity contribution >= 4 is 46.6 Å². The van der Waals surface area contributed by atoms with Crippen molar-refractivity contribution in [2.24, 2.45) is 5.10 Å². The van der Waals surface area contributed by atoms with E-state index in [9.17, 15) is 4.79 Å². The fourth-order valence-electron chi connectivity index (χ4n) is 2.21. The minimum absolute atomic E-state index is 0.104. The number of nitrogens with two attached hydrogens (primary N) is 1. The number of hydrazone groups is 1. The SMILES string of the molecule is C/C(=N\Nc1nnc(SCC(=O)Nc2ccccc2Cl)n1N)c1ccccc1. The molecule has 1 aromatic heterocycles. The average Bonchev–Trinajstić information content (AvgIpc) is 3.06. The fraction of sp³-hybridized carbons (Fsp3) is 0.111. The molecular weight excluding hydrogens is 398 g/mol. The lowest BCUT2D eigenvalue weighted by Gasteiger charge is -2.07. The molecule has 0 aliphatic heterocycles. The van der Waals surface area contributed by atoms with Crippen molar-refractivity contribution in [1.29, 1.82) is 0 Å². The normalized spacial score (nSPS) is 11.3. The van der Waals surface area contributed by atoms with E-state index in [4.69, 9.17) is 17.4 Å². The molecule has 0 radical (unpaired) electrons. The van der Waals surface area contributed by atoms with Gasteiger partial charge >= 0.3 is 0 Å². The molecule has 4 N–H and O–H groups in total. The van der Waals surface area contributed by atoms with Crippen molar-refractivity contribution in [1.82, 2.24) is 14.9 Å². The van der Waals surface area contributed by atoms with Crippen molar-refractivity contribution in [3.8, 4) is 0 Å². The van der Waals surface area contributed by atoms with Crippen LogP contribution in [0, 0.1) is 0 Å². The molecule has 1 amide bonds. The summed E-state index contributed by atoms with van der Waals surface area (Å²) >= 11 is 7.18. The fourth-order valence-corrected chi connectivity index (χ4v) is 3.05. The van der Waals surface area contributed by atoms with E-state index in [-0.39, 0.29) is 17.6 Å². The van der Waals surface area contributed by atoms with E-state index >= 15 is 0 Å². The maximum atomic E-state index is 12.1. The van der Waals surface area contributed by atoms with Gasteiger partial charge in [-0.25, -0.2) is 10.1 Å². The highest BCUT2D eigenvalue weighted by Gasteiger charge is 2.13. The Morgan fingerprint density at radius 3 is 2.64 bits per heavy atom. The van der Waals surface area contributed by atoms with E-state index in [1.54, 1.807) is 24.3 Å². The van der Waals surface area contributed by atoms with Gasteiger partial charge in [-0.05, 0) is 24.6 Å². The molecule has 144 valence electrons. The number of carbonyl (C=O) groups is 1. The number of anilines is 2. The van der Waals surface area contributed by atoms with Gasteiger partial charge in [0.15, 0.2) is 0 Å². The van der Waals surface area contributed by atoms with Gasteiger partial charge in [0.05, 0.1) is 22.2 Å². The highest BCUT2D eigenvalue weighted by Crippen LogP contribution is 2.22. The van der Waals surface area contributed by atoms with Gasteiger partial charge in [0.2, 0.25) is 11.1 Å². The van der Waals surface area contributed by atoms with E-state index < -0.39 is 0 Å². The first kappa shape index (κ1) is 19.7. The number of hydrogen-bond acceptors (Lipinski definition) is 7. The summed E-state index contributed by atoms with van der Waals surface area (Å²) in [5, 5.41) is 15.8. The first-order valence-corrected chi connectivity index (χ1v) is 9.64. The maximum absolute atomic E-state index is 12.1. The lowest BCUT2D eigenvalue weighted by molar-refractivity contribution is -0.113.